The molecule has 0 aromatic heterocycles. The van der Waals surface area contributed by atoms with Crippen LogP contribution in [0.2, 0.25) is 6.82 Å². The van der Waals surface area contributed by atoms with E-state index in [0.717, 1.165) is 30.6 Å². The fourth-order valence-electron chi connectivity index (χ4n) is 4.36. The van der Waals surface area contributed by atoms with Crippen LogP contribution in [-0.4, -0.2) is 68.5 Å². The Labute approximate surface area is 186 Å². The van der Waals surface area contributed by atoms with Crippen LogP contribution < -0.4 is 9.47 Å². The first-order chi connectivity index (χ1) is 14.8. The van der Waals surface area contributed by atoms with Gasteiger partial charge in [-0.05, 0) is 61.7 Å². The molecule has 1 aromatic carbocycles. The number of aliphatic carboxylic acids is 1. The second-order valence-electron chi connectivity index (χ2n) is 8.91. The van der Waals surface area contributed by atoms with Crippen molar-refractivity contribution in [2.24, 2.45) is 23.7 Å². The number of hydrogen-bond acceptors (Lipinski definition) is 6. The molecule has 3 atom stereocenters. The van der Waals surface area contributed by atoms with E-state index in [0.29, 0.717) is 43.9 Å². The topological polar surface area (TPSA) is 88.5 Å². The summed E-state index contributed by atoms with van der Waals surface area (Å²) in [4.78, 5) is 13.7. The molecule has 1 aromatic rings. The lowest BCUT2D eigenvalue weighted by Crippen LogP contribution is -2.35. The molecule has 2 rings (SSSR count). The van der Waals surface area contributed by atoms with Crippen LogP contribution in [0, 0.1) is 23.7 Å². The van der Waals surface area contributed by atoms with E-state index >= 15 is 0 Å². The molecule has 0 amide bonds. The molecule has 0 unspecified atom stereocenters. The highest BCUT2D eigenvalue weighted by Crippen LogP contribution is 2.35. The summed E-state index contributed by atoms with van der Waals surface area (Å²) in [6.45, 7) is 8.30. The molecule has 2 N–H and O–H groups in total. The fraction of sp³-hybridized carbons (Fsp3) is 0.696. The SMILES string of the molecule is COCCCOc1cc(C[C@@H](C[C@@H]2CN(B(C)O)C[C@H]2C(=O)O)C(C)C)ccc1OC. The third-order valence-corrected chi connectivity index (χ3v) is 6.34. The maximum absolute atomic E-state index is 11.8. The summed E-state index contributed by atoms with van der Waals surface area (Å²) in [6, 6.07) is 6.03. The van der Waals surface area contributed by atoms with Crippen molar-refractivity contribution in [3.63, 3.8) is 0 Å². The minimum absolute atomic E-state index is 0.0301. The van der Waals surface area contributed by atoms with Gasteiger partial charge in [-0.2, -0.15) is 0 Å². The van der Waals surface area contributed by atoms with Gasteiger partial charge in [0.25, 0.3) is 0 Å². The van der Waals surface area contributed by atoms with Gasteiger partial charge >= 0.3 is 13.0 Å². The number of carbonyl (C=O) groups is 1. The van der Waals surface area contributed by atoms with Crippen molar-refractivity contribution in [2.45, 2.75) is 39.9 Å². The van der Waals surface area contributed by atoms with Gasteiger partial charge < -0.3 is 29.2 Å². The van der Waals surface area contributed by atoms with E-state index in [1.165, 1.54) is 0 Å². The average molecular weight is 435 g/mol. The quantitative estimate of drug-likeness (QED) is 0.364. The molecule has 1 heterocycles. The molecule has 174 valence electrons. The first kappa shape index (κ1) is 25.5. The largest absolute Gasteiger partial charge is 0.493 e. The lowest BCUT2D eigenvalue weighted by Gasteiger charge is -2.26. The maximum Gasteiger partial charge on any atom is 0.376 e. The molecule has 1 aliphatic rings. The molecule has 7 nitrogen and oxygen atoms in total. The van der Waals surface area contributed by atoms with E-state index in [9.17, 15) is 14.9 Å². The lowest BCUT2D eigenvalue weighted by molar-refractivity contribution is -0.142. The molecule has 1 fully saturated rings. The Kier molecular flexibility index (Phi) is 10.1. The van der Waals surface area contributed by atoms with Crippen LogP contribution in [0.15, 0.2) is 18.2 Å². The number of rotatable bonds is 13. The molecule has 0 bridgehead atoms. The molecule has 8 heteroatoms. The summed E-state index contributed by atoms with van der Waals surface area (Å²) in [5.41, 5.74) is 1.15. The molecule has 0 saturated carbocycles. The minimum atomic E-state index is -0.771. The van der Waals surface area contributed by atoms with Crippen LogP contribution in [0.1, 0.15) is 32.3 Å². The van der Waals surface area contributed by atoms with Gasteiger partial charge in [0.1, 0.15) is 0 Å². The van der Waals surface area contributed by atoms with E-state index in [-0.39, 0.29) is 5.92 Å². The number of hydrogen-bond donors (Lipinski definition) is 2. The third-order valence-electron chi connectivity index (χ3n) is 6.34. The molecular weight excluding hydrogens is 397 g/mol. The Hall–Kier alpha value is -1.77. The van der Waals surface area contributed by atoms with Gasteiger partial charge in [-0.3, -0.25) is 4.79 Å². The highest BCUT2D eigenvalue weighted by molar-refractivity contribution is 6.45. The van der Waals surface area contributed by atoms with Crippen LogP contribution in [0.4, 0.5) is 0 Å². The van der Waals surface area contributed by atoms with E-state index in [4.69, 9.17) is 14.2 Å². The first-order valence-electron chi connectivity index (χ1n) is 11.2. The van der Waals surface area contributed by atoms with Crippen molar-refractivity contribution in [3.05, 3.63) is 23.8 Å². The number of carboxylic acids is 1. The predicted molar refractivity (Wildman–Crippen MR) is 122 cm³/mol. The summed E-state index contributed by atoms with van der Waals surface area (Å²) in [5, 5.41) is 19.6. The van der Waals surface area contributed by atoms with E-state index < -0.39 is 18.9 Å². The van der Waals surface area contributed by atoms with Gasteiger partial charge in [0.2, 0.25) is 0 Å². The van der Waals surface area contributed by atoms with Gasteiger partial charge in [-0.15, -0.1) is 0 Å². The average Bonchev–Trinajstić information content (AvgIpc) is 3.15. The van der Waals surface area contributed by atoms with Crippen LogP contribution in [0.25, 0.3) is 0 Å². The van der Waals surface area contributed by atoms with Crippen LogP contribution in [0.3, 0.4) is 0 Å². The van der Waals surface area contributed by atoms with Crippen molar-refractivity contribution < 1.29 is 29.1 Å². The zero-order valence-electron chi connectivity index (χ0n) is 19.5. The monoisotopic (exact) mass is 435 g/mol. The number of carboxylic acid groups (broad SMARTS) is 1. The molecular formula is C23H38BNO6. The second kappa shape index (κ2) is 12.3. The van der Waals surface area contributed by atoms with Crippen molar-refractivity contribution in [1.82, 2.24) is 4.81 Å². The zero-order valence-corrected chi connectivity index (χ0v) is 19.5. The fourth-order valence-corrected chi connectivity index (χ4v) is 4.36. The Morgan fingerprint density at radius 2 is 1.97 bits per heavy atom. The van der Waals surface area contributed by atoms with Crippen molar-refractivity contribution in [2.75, 3.05) is 40.5 Å². The molecule has 0 radical (unpaired) electrons. The number of ether oxygens (including phenoxy) is 3. The van der Waals surface area contributed by atoms with Gasteiger partial charge in [0.05, 0.1) is 19.6 Å². The van der Waals surface area contributed by atoms with Gasteiger partial charge in [-0.25, -0.2) is 0 Å². The summed E-state index contributed by atoms with van der Waals surface area (Å²) in [6.07, 6.45) is 2.46. The summed E-state index contributed by atoms with van der Waals surface area (Å²) in [7, 11) is 2.68. The molecule has 0 spiro atoms. The number of nitrogens with zero attached hydrogens (tertiary/aromatic N) is 1. The van der Waals surface area contributed by atoms with Crippen LogP contribution >= 0.6 is 0 Å². The maximum atomic E-state index is 11.8. The third kappa shape index (κ3) is 7.40. The lowest BCUT2D eigenvalue weighted by atomic mass is 9.79. The Bertz CT molecular complexity index is 699. The van der Waals surface area contributed by atoms with Crippen molar-refractivity contribution >= 4 is 13.0 Å². The normalized spacial score (nSPS) is 20.1. The minimum Gasteiger partial charge on any atom is -0.493 e. The van der Waals surface area contributed by atoms with Gasteiger partial charge in [0, 0.05) is 26.7 Å². The molecule has 0 aliphatic carbocycles. The Morgan fingerprint density at radius 3 is 2.55 bits per heavy atom. The zero-order chi connectivity index (χ0) is 23.0. The summed E-state index contributed by atoms with van der Waals surface area (Å²) in [5.74, 6) is 0.985. The predicted octanol–water partition coefficient (Wildman–Crippen LogP) is 3.06. The van der Waals surface area contributed by atoms with Crippen LogP contribution in [-0.2, 0) is 16.0 Å². The summed E-state index contributed by atoms with van der Waals surface area (Å²) < 4.78 is 16.4. The van der Waals surface area contributed by atoms with Crippen molar-refractivity contribution in [1.29, 1.82) is 0 Å². The van der Waals surface area contributed by atoms with Gasteiger partial charge in [0.15, 0.2) is 11.5 Å². The highest BCUT2D eigenvalue weighted by Gasteiger charge is 2.41. The van der Waals surface area contributed by atoms with Crippen molar-refractivity contribution in [3.8, 4) is 11.5 Å². The number of benzene rings is 1. The first-order valence-corrected chi connectivity index (χ1v) is 11.2. The molecule has 31 heavy (non-hydrogen) atoms. The smallest absolute Gasteiger partial charge is 0.376 e. The standard InChI is InChI=1S/C23H38BNO6/c1-16(2)18(13-19-14-25(24(3)28)15-20(19)23(26)27)11-17-7-8-21(30-5)22(12-17)31-10-6-9-29-4/h7-8,12,16,18-20,28H,6,9-11,13-15H2,1-5H3,(H,26,27)/t18-,19+,20+/m0/s1. The van der Waals surface area contributed by atoms with E-state index in [1.807, 2.05) is 16.9 Å². The highest BCUT2D eigenvalue weighted by atomic mass is 16.5. The Morgan fingerprint density at radius 1 is 1.23 bits per heavy atom. The van der Waals surface area contributed by atoms with E-state index in [2.05, 4.69) is 19.9 Å². The van der Waals surface area contributed by atoms with E-state index in [1.54, 1.807) is 21.0 Å². The molecule has 1 aliphatic heterocycles. The Balaban J connectivity index is 2.11. The van der Waals surface area contributed by atoms with Crippen LogP contribution in [0.5, 0.6) is 11.5 Å². The van der Waals surface area contributed by atoms with Gasteiger partial charge in [-0.1, -0.05) is 19.9 Å². The summed E-state index contributed by atoms with van der Waals surface area (Å²) >= 11 is 0. The second-order valence-corrected chi connectivity index (χ2v) is 8.91. The molecule has 1 saturated heterocycles. The number of methoxy groups -OCH3 is 2.